The van der Waals surface area contributed by atoms with Crippen LogP contribution >= 0.6 is 0 Å². The summed E-state index contributed by atoms with van der Waals surface area (Å²) >= 11 is 0. The molecular formula is C12H18N2O. The van der Waals surface area contributed by atoms with Gasteiger partial charge in [0.15, 0.2) is 0 Å². The Morgan fingerprint density at radius 2 is 1.93 bits per heavy atom. The third-order valence-electron chi connectivity index (χ3n) is 2.50. The fourth-order valence-electron chi connectivity index (χ4n) is 1.40. The Hall–Kier alpha value is -1.35. The molecule has 1 rings (SSSR count). The van der Waals surface area contributed by atoms with Crippen LogP contribution in [0.2, 0.25) is 0 Å². The van der Waals surface area contributed by atoms with Crippen molar-refractivity contribution in [1.82, 2.24) is 9.80 Å². The number of hydrogen-bond acceptors (Lipinski definition) is 3. The zero-order chi connectivity index (χ0) is 11.1. The molecule has 0 unspecified atom stereocenters. The largest absolute Gasteiger partial charge is 0.375 e. The lowest BCUT2D eigenvalue weighted by Crippen LogP contribution is -2.41. The van der Waals surface area contributed by atoms with Crippen LogP contribution in [0.5, 0.6) is 0 Å². The SMILES string of the molecule is C=C/C(C=O)=C\C=C\N1CCN(C)CC1. The molecule has 0 spiro atoms. The Balaban J connectivity index is 2.41. The second-order valence-corrected chi connectivity index (χ2v) is 3.67. The molecule has 0 N–H and O–H groups in total. The van der Waals surface area contributed by atoms with E-state index in [9.17, 15) is 4.79 Å². The third-order valence-corrected chi connectivity index (χ3v) is 2.50. The van der Waals surface area contributed by atoms with Crippen molar-refractivity contribution < 1.29 is 4.79 Å². The molecular weight excluding hydrogens is 188 g/mol. The normalized spacial score (nSPS) is 19.5. The summed E-state index contributed by atoms with van der Waals surface area (Å²) in [5, 5.41) is 0. The van der Waals surface area contributed by atoms with Gasteiger partial charge in [0.05, 0.1) is 0 Å². The molecule has 0 bridgehead atoms. The fraction of sp³-hybridized carbons (Fsp3) is 0.417. The van der Waals surface area contributed by atoms with Crippen molar-refractivity contribution in [2.75, 3.05) is 33.2 Å². The number of aldehydes is 1. The van der Waals surface area contributed by atoms with Crippen molar-refractivity contribution in [3.63, 3.8) is 0 Å². The molecule has 0 amide bonds. The number of carbonyl (C=O) groups excluding carboxylic acids is 1. The highest BCUT2D eigenvalue weighted by molar-refractivity contribution is 5.77. The van der Waals surface area contributed by atoms with Crippen molar-refractivity contribution in [2.24, 2.45) is 0 Å². The molecule has 1 fully saturated rings. The summed E-state index contributed by atoms with van der Waals surface area (Å²) in [5.41, 5.74) is 0.611. The topological polar surface area (TPSA) is 23.6 Å². The van der Waals surface area contributed by atoms with E-state index in [0.717, 1.165) is 32.5 Å². The van der Waals surface area contributed by atoms with Gasteiger partial charge in [-0.3, -0.25) is 4.79 Å². The average molecular weight is 206 g/mol. The third kappa shape index (κ3) is 4.13. The fourth-order valence-corrected chi connectivity index (χ4v) is 1.40. The zero-order valence-corrected chi connectivity index (χ0v) is 9.22. The summed E-state index contributed by atoms with van der Waals surface area (Å²) in [6.45, 7) is 7.83. The Kier molecular flexibility index (Phi) is 4.84. The lowest BCUT2D eigenvalue weighted by molar-refractivity contribution is -0.104. The molecule has 1 aliphatic rings. The van der Waals surface area contributed by atoms with Crippen LogP contribution < -0.4 is 0 Å². The number of piperazine rings is 1. The first-order valence-corrected chi connectivity index (χ1v) is 5.15. The number of carbonyl (C=O) groups is 1. The van der Waals surface area contributed by atoms with Crippen molar-refractivity contribution in [3.05, 3.63) is 36.6 Å². The standard InChI is InChI=1S/C12H18N2O/c1-3-12(11-15)5-4-6-14-9-7-13(2)8-10-14/h3-6,11H,1,7-10H2,2H3/b6-4+,12-5+. The average Bonchev–Trinajstić information content (AvgIpc) is 2.27. The highest BCUT2D eigenvalue weighted by Crippen LogP contribution is 2.00. The number of nitrogens with zero attached hydrogens (tertiary/aromatic N) is 2. The molecule has 0 atom stereocenters. The molecule has 1 saturated heterocycles. The van der Waals surface area contributed by atoms with Crippen LogP contribution in [-0.2, 0) is 4.79 Å². The predicted octanol–water partition coefficient (Wildman–Crippen LogP) is 1.06. The van der Waals surface area contributed by atoms with Gasteiger partial charge in [0, 0.05) is 31.8 Å². The van der Waals surface area contributed by atoms with Crippen LogP contribution in [0.4, 0.5) is 0 Å². The van der Waals surface area contributed by atoms with Crippen LogP contribution in [0.3, 0.4) is 0 Å². The quantitative estimate of drug-likeness (QED) is 0.390. The van der Waals surface area contributed by atoms with Crippen molar-refractivity contribution >= 4 is 6.29 Å². The molecule has 0 radical (unpaired) electrons. The summed E-state index contributed by atoms with van der Waals surface area (Å²) < 4.78 is 0. The van der Waals surface area contributed by atoms with Crippen LogP contribution in [-0.4, -0.2) is 49.3 Å². The molecule has 0 aliphatic carbocycles. The van der Waals surface area contributed by atoms with Gasteiger partial charge in [0.1, 0.15) is 6.29 Å². The summed E-state index contributed by atoms with van der Waals surface area (Å²) in [7, 11) is 2.13. The first kappa shape index (κ1) is 11.7. The minimum Gasteiger partial charge on any atom is -0.375 e. The van der Waals surface area contributed by atoms with E-state index in [2.05, 4.69) is 23.4 Å². The summed E-state index contributed by atoms with van der Waals surface area (Å²) in [6, 6.07) is 0. The van der Waals surface area contributed by atoms with Crippen molar-refractivity contribution in [2.45, 2.75) is 0 Å². The Morgan fingerprint density at radius 1 is 1.27 bits per heavy atom. The molecule has 1 aliphatic heterocycles. The van der Waals surface area contributed by atoms with Gasteiger partial charge in [-0.25, -0.2) is 0 Å². The predicted molar refractivity (Wildman–Crippen MR) is 62.6 cm³/mol. The molecule has 82 valence electrons. The number of rotatable bonds is 4. The highest BCUT2D eigenvalue weighted by atomic mass is 16.1. The summed E-state index contributed by atoms with van der Waals surface area (Å²) in [6.07, 6.45) is 8.07. The second-order valence-electron chi connectivity index (χ2n) is 3.67. The minimum absolute atomic E-state index is 0.611. The number of likely N-dealkylation sites (N-methyl/N-ethyl adjacent to an activating group) is 1. The molecule has 0 aromatic carbocycles. The second kappa shape index (κ2) is 6.19. The Morgan fingerprint density at radius 3 is 2.47 bits per heavy atom. The van der Waals surface area contributed by atoms with Gasteiger partial charge >= 0.3 is 0 Å². The Bertz CT molecular complexity index is 263. The first-order chi connectivity index (χ1) is 7.26. The molecule has 0 aromatic rings. The maximum absolute atomic E-state index is 10.5. The maximum atomic E-state index is 10.5. The van der Waals surface area contributed by atoms with E-state index in [1.54, 1.807) is 12.2 Å². The van der Waals surface area contributed by atoms with Crippen LogP contribution in [0.25, 0.3) is 0 Å². The van der Waals surface area contributed by atoms with E-state index >= 15 is 0 Å². The van der Waals surface area contributed by atoms with Gasteiger partial charge in [-0.1, -0.05) is 18.7 Å². The van der Waals surface area contributed by atoms with Gasteiger partial charge in [-0.05, 0) is 19.3 Å². The minimum atomic E-state index is 0.611. The smallest absolute Gasteiger partial charge is 0.150 e. The van der Waals surface area contributed by atoms with Gasteiger partial charge < -0.3 is 9.80 Å². The molecule has 0 saturated carbocycles. The van der Waals surface area contributed by atoms with Gasteiger partial charge in [0.25, 0.3) is 0 Å². The maximum Gasteiger partial charge on any atom is 0.150 e. The van der Waals surface area contributed by atoms with E-state index in [1.165, 1.54) is 0 Å². The summed E-state index contributed by atoms with van der Waals surface area (Å²) in [4.78, 5) is 15.0. The first-order valence-electron chi connectivity index (χ1n) is 5.15. The van der Waals surface area contributed by atoms with Crippen molar-refractivity contribution in [3.8, 4) is 0 Å². The van der Waals surface area contributed by atoms with Crippen molar-refractivity contribution in [1.29, 1.82) is 0 Å². The summed E-state index contributed by atoms with van der Waals surface area (Å²) in [5.74, 6) is 0. The highest BCUT2D eigenvalue weighted by Gasteiger charge is 2.09. The number of allylic oxidation sites excluding steroid dienone is 4. The molecule has 15 heavy (non-hydrogen) atoms. The van der Waals surface area contributed by atoms with E-state index in [-0.39, 0.29) is 0 Å². The molecule has 1 heterocycles. The van der Waals surface area contributed by atoms with Crippen LogP contribution in [0.1, 0.15) is 0 Å². The van der Waals surface area contributed by atoms with E-state index < -0.39 is 0 Å². The molecule has 3 heteroatoms. The van der Waals surface area contributed by atoms with Crippen LogP contribution in [0, 0.1) is 0 Å². The monoisotopic (exact) mass is 206 g/mol. The van der Waals surface area contributed by atoms with Gasteiger partial charge in [-0.2, -0.15) is 0 Å². The number of hydrogen-bond donors (Lipinski definition) is 0. The zero-order valence-electron chi connectivity index (χ0n) is 9.22. The van der Waals surface area contributed by atoms with E-state index in [1.807, 2.05) is 12.3 Å². The van der Waals surface area contributed by atoms with Gasteiger partial charge in [0.2, 0.25) is 0 Å². The molecule has 3 nitrogen and oxygen atoms in total. The lowest BCUT2D eigenvalue weighted by atomic mass is 10.2. The van der Waals surface area contributed by atoms with E-state index in [0.29, 0.717) is 5.57 Å². The molecule has 0 aromatic heterocycles. The Labute approximate surface area is 91.4 Å². The van der Waals surface area contributed by atoms with E-state index in [4.69, 9.17) is 0 Å². The van der Waals surface area contributed by atoms with Gasteiger partial charge in [-0.15, -0.1) is 0 Å². The van der Waals surface area contributed by atoms with Crippen LogP contribution in [0.15, 0.2) is 36.6 Å². The lowest BCUT2D eigenvalue weighted by Gasteiger charge is -2.31.